The van der Waals surface area contributed by atoms with Crippen LogP contribution in [0, 0.1) is 11.3 Å². The Hall–Kier alpha value is -0.730. The first-order valence-corrected chi connectivity index (χ1v) is 8.58. The molecule has 1 N–H and O–H groups in total. The molecule has 1 aromatic carbocycles. The van der Waals surface area contributed by atoms with Crippen LogP contribution in [0.3, 0.4) is 0 Å². The summed E-state index contributed by atoms with van der Waals surface area (Å²) >= 11 is 6.53. The molecule has 3 heteroatoms. The molecule has 1 unspecified atom stereocenters. The zero-order chi connectivity index (χ0) is 15.0. The molecule has 2 fully saturated rings. The van der Waals surface area contributed by atoms with Crippen molar-refractivity contribution in [1.29, 1.82) is 0 Å². The van der Waals surface area contributed by atoms with Crippen LogP contribution in [0.1, 0.15) is 45.6 Å². The first-order valence-electron chi connectivity index (χ1n) is 8.20. The molecule has 0 bridgehead atoms. The highest BCUT2D eigenvalue weighted by atomic mass is 35.5. The minimum Gasteiger partial charge on any atom is -0.370 e. The molecule has 1 aromatic rings. The van der Waals surface area contributed by atoms with Crippen molar-refractivity contribution in [2.45, 2.75) is 52.6 Å². The molecule has 1 atom stereocenters. The molecular weight excluding hydrogens is 280 g/mol. The normalized spacial score (nSPS) is 22.9. The van der Waals surface area contributed by atoms with E-state index in [9.17, 15) is 0 Å². The molecular formula is C18H27ClN2. The molecule has 2 aliphatic rings. The molecule has 116 valence electrons. The number of anilines is 1. The average Bonchev–Trinajstić information content (AvgIpc) is 3.10. The predicted molar refractivity (Wildman–Crippen MR) is 91.1 cm³/mol. The highest BCUT2D eigenvalue weighted by Crippen LogP contribution is 2.38. The van der Waals surface area contributed by atoms with Crippen molar-refractivity contribution in [3.05, 3.63) is 28.8 Å². The van der Waals surface area contributed by atoms with E-state index in [0.29, 0.717) is 5.41 Å². The number of nitrogens with one attached hydrogen (secondary N) is 1. The zero-order valence-electron chi connectivity index (χ0n) is 13.5. The van der Waals surface area contributed by atoms with Crippen LogP contribution in [0.25, 0.3) is 0 Å². The molecule has 2 nitrogen and oxygen atoms in total. The Kier molecular flexibility index (Phi) is 4.20. The lowest BCUT2D eigenvalue weighted by atomic mass is 9.80. The molecule has 1 aliphatic heterocycles. The predicted octanol–water partition coefficient (Wildman–Crippen LogP) is 4.46. The summed E-state index contributed by atoms with van der Waals surface area (Å²) < 4.78 is 0. The van der Waals surface area contributed by atoms with Crippen molar-refractivity contribution in [2.24, 2.45) is 11.3 Å². The van der Waals surface area contributed by atoms with Gasteiger partial charge in [0.2, 0.25) is 0 Å². The quantitative estimate of drug-likeness (QED) is 0.883. The minimum atomic E-state index is 0.384. The van der Waals surface area contributed by atoms with Gasteiger partial charge in [0.1, 0.15) is 0 Å². The van der Waals surface area contributed by atoms with Gasteiger partial charge in [0.15, 0.2) is 0 Å². The van der Waals surface area contributed by atoms with Gasteiger partial charge in [0.25, 0.3) is 0 Å². The van der Waals surface area contributed by atoms with Crippen molar-refractivity contribution >= 4 is 17.3 Å². The van der Waals surface area contributed by atoms with Crippen LogP contribution in [-0.2, 0) is 6.54 Å². The van der Waals surface area contributed by atoms with E-state index >= 15 is 0 Å². The van der Waals surface area contributed by atoms with E-state index in [1.165, 1.54) is 30.5 Å². The fourth-order valence-electron chi connectivity index (χ4n) is 3.15. The summed E-state index contributed by atoms with van der Waals surface area (Å²) in [5.41, 5.74) is 2.89. The fraction of sp³-hybridized carbons (Fsp3) is 0.667. The van der Waals surface area contributed by atoms with Crippen LogP contribution in [0.4, 0.5) is 5.69 Å². The molecule has 1 saturated heterocycles. The van der Waals surface area contributed by atoms with Crippen molar-refractivity contribution < 1.29 is 0 Å². The third-order valence-corrected chi connectivity index (χ3v) is 5.24. The Balaban J connectivity index is 1.65. The number of nitrogens with zero attached hydrogens (tertiary/aromatic N) is 1. The van der Waals surface area contributed by atoms with E-state index in [2.05, 4.69) is 49.2 Å². The zero-order valence-corrected chi connectivity index (χ0v) is 14.2. The number of hydrogen-bond acceptors (Lipinski definition) is 2. The lowest BCUT2D eigenvalue weighted by molar-refractivity contribution is 0.263. The molecule has 0 aromatic heterocycles. The Bertz CT molecular complexity index is 502. The van der Waals surface area contributed by atoms with E-state index in [4.69, 9.17) is 11.6 Å². The van der Waals surface area contributed by atoms with E-state index in [1.54, 1.807) is 0 Å². The number of rotatable bonds is 4. The fourth-order valence-corrected chi connectivity index (χ4v) is 3.48. The summed E-state index contributed by atoms with van der Waals surface area (Å²) in [5, 5.41) is 4.45. The summed E-state index contributed by atoms with van der Waals surface area (Å²) in [5.74, 6) is 0.754. The third-order valence-electron chi connectivity index (χ3n) is 4.94. The standard InChI is InChI=1S/C18H27ClN2/c1-18(2,3)14-8-9-21(12-14)17-7-4-13(10-16(17)19)11-20-15-5-6-15/h4,7,10,14-15,20H,5-6,8-9,11-12H2,1-3H3. The number of benzene rings is 1. The van der Waals surface area contributed by atoms with Crippen molar-refractivity contribution in [2.75, 3.05) is 18.0 Å². The van der Waals surface area contributed by atoms with Gasteiger partial charge in [0.05, 0.1) is 10.7 Å². The Morgan fingerprint density at radius 3 is 2.57 bits per heavy atom. The van der Waals surface area contributed by atoms with Gasteiger partial charge >= 0.3 is 0 Å². The van der Waals surface area contributed by atoms with Crippen LogP contribution in [-0.4, -0.2) is 19.1 Å². The second-order valence-corrected chi connectivity index (χ2v) is 8.15. The van der Waals surface area contributed by atoms with Crippen molar-refractivity contribution in [3.8, 4) is 0 Å². The molecule has 1 heterocycles. The second-order valence-electron chi connectivity index (χ2n) is 7.74. The maximum atomic E-state index is 6.53. The lowest BCUT2D eigenvalue weighted by Crippen LogP contribution is -2.26. The van der Waals surface area contributed by atoms with Crippen LogP contribution in [0.5, 0.6) is 0 Å². The second kappa shape index (κ2) is 5.81. The molecule has 0 spiro atoms. The maximum absolute atomic E-state index is 6.53. The van der Waals surface area contributed by atoms with Crippen molar-refractivity contribution in [3.63, 3.8) is 0 Å². The minimum absolute atomic E-state index is 0.384. The highest BCUT2D eigenvalue weighted by Gasteiger charge is 2.32. The Morgan fingerprint density at radius 2 is 2.00 bits per heavy atom. The van der Waals surface area contributed by atoms with Gasteiger partial charge in [-0.3, -0.25) is 0 Å². The number of hydrogen-bond donors (Lipinski definition) is 1. The van der Waals surface area contributed by atoms with Crippen LogP contribution >= 0.6 is 11.6 Å². The van der Waals surface area contributed by atoms with Gasteiger partial charge in [-0.2, -0.15) is 0 Å². The van der Waals surface area contributed by atoms with Gasteiger partial charge in [-0.25, -0.2) is 0 Å². The van der Waals surface area contributed by atoms with E-state index in [0.717, 1.165) is 36.6 Å². The summed E-state index contributed by atoms with van der Waals surface area (Å²) in [4.78, 5) is 2.45. The average molecular weight is 307 g/mol. The Labute approximate surface area is 133 Å². The smallest absolute Gasteiger partial charge is 0.0642 e. The first-order chi connectivity index (χ1) is 9.93. The van der Waals surface area contributed by atoms with Crippen LogP contribution in [0.2, 0.25) is 5.02 Å². The molecule has 1 saturated carbocycles. The summed E-state index contributed by atoms with van der Waals surface area (Å²) in [6.45, 7) is 10.2. The van der Waals surface area contributed by atoms with Gasteiger partial charge in [-0.05, 0) is 48.3 Å². The Morgan fingerprint density at radius 1 is 1.24 bits per heavy atom. The van der Waals surface area contributed by atoms with E-state index < -0.39 is 0 Å². The van der Waals surface area contributed by atoms with Gasteiger partial charge < -0.3 is 10.2 Å². The molecule has 0 amide bonds. The summed E-state index contributed by atoms with van der Waals surface area (Å²) in [6, 6.07) is 7.31. The lowest BCUT2D eigenvalue weighted by Gasteiger charge is -2.28. The van der Waals surface area contributed by atoms with Gasteiger partial charge in [0, 0.05) is 25.7 Å². The van der Waals surface area contributed by atoms with Gasteiger partial charge in [-0.1, -0.05) is 38.4 Å². The monoisotopic (exact) mass is 306 g/mol. The first kappa shape index (κ1) is 15.2. The molecule has 0 radical (unpaired) electrons. The molecule has 3 rings (SSSR count). The summed E-state index contributed by atoms with van der Waals surface area (Å²) in [7, 11) is 0. The highest BCUT2D eigenvalue weighted by molar-refractivity contribution is 6.33. The maximum Gasteiger partial charge on any atom is 0.0642 e. The third kappa shape index (κ3) is 3.73. The molecule has 21 heavy (non-hydrogen) atoms. The molecule has 1 aliphatic carbocycles. The van der Waals surface area contributed by atoms with E-state index in [1.807, 2.05) is 0 Å². The van der Waals surface area contributed by atoms with Crippen LogP contribution < -0.4 is 10.2 Å². The topological polar surface area (TPSA) is 15.3 Å². The van der Waals surface area contributed by atoms with Crippen molar-refractivity contribution in [1.82, 2.24) is 5.32 Å². The van der Waals surface area contributed by atoms with E-state index in [-0.39, 0.29) is 0 Å². The largest absolute Gasteiger partial charge is 0.370 e. The summed E-state index contributed by atoms with van der Waals surface area (Å²) in [6.07, 6.45) is 3.92. The van der Waals surface area contributed by atoms with Crippen LogP contribution in [0.15, 0.2) is 18.2 Å². The van der Waals surface area contributed by atoms with Gasteiger partial charge in [-0.15, -0.1) is 0 Å². The SMILES string of the molecule is CC(C)(C)C1CCN(c2ccc(CNC3CC3)cc2Cl)C1. The number of halogens is 1.